The summed E-state index contributed by atoms with van der Waals surface area (Å²) in [6.07, 6.45) is 0.362. The Kier molecular flexibility index (Phi) is 5.83. The van der Waals surface area contributed by atoms with Crippen molar-refractivity contribution in [2.45, 2.75) is 18.4 Å². The van der Waals surface area contributed by atoms with E-state index in [-0.39, 0.29) is 12.2 Å². The lowest BCUT2D eigenvalue weighted by Crippen LogP contribution is -2.42. The van der Waals surface area contributed by atoms with Crippen molar-refractivity contribution in [3.8, 4) is 11.1 Å². The van der Waals surface area contributed by atoms with E-state index >= 15 is 0 Å². The zero-order valence-corrected chi connectivity index (χ0v) is 18.7. The number of hydrogen-bond acceptors (Lipinski definition) is 3. The van der Waals surface area contributed by atoms with Crippen molar-refractivity contribution in [1.29, 1.82) is 0 Å². The second kappa shape index (κ2) is 9.08. The molecule has 168 valence electrons. The van der Waals surface area contributed by atoms with E-state index in [0.717, 1.165) is 16.7 Å². The first-order valence-electron chi connectivity index (χ1n) is 11.4. The number of carbonyl (C=O) groups excluding carboxylic acids is 2. The topological polar surface area (TPSA) is 57.6 Å². The van der Waals surface area contributed by atoms with Gasteiger partial charge < -0.3 is 10.0 Å². The molecule has 0 aliphatic carbocycles. The molecule has 1 N–H and O–H groups in total. The van der Waals surface area contributed by atoms with Crippen LogP contribution in [0.15, 0.2) is 109 Å². The molecule has 0 spiro atoms. The predicted octanol–water partition coefficient (Wildman–Crippen LogP) is 5.40. The quantitative estimate of drug-likeness (QED) is 0.386. The minimum atomic E-state index is -1.87. The van der Waals surface area contributed by atoms with Gasteiger partial charge in [0, 0.05) is 17.7 Å². The zero-order valence-electron chi connectivity index (χ0n) is 18.7. The van der Waals surface area contributed by atoms with Crippen LogP contribution in [0.5, 0.6) is 0 Å². The molecule has 0 radical (unpaired) electrons. The smallest absolute Gasteiger partial charge is 0.264 e. The van der Waals surface area contributed by atoms with Crippen LogP contribution in [0.1, 0.15) is 27.9 Å². The maximum Gasteiger partial charge on any atom is 0.264 e. The number of benzene rings is 4. The maximum absolute atomic E-state index is 13.4. The monoisotopic (exact) mass is 447 g/mol. The molecule has 4 heteroatoms. The van der Waals surface area contributed by atoms with Crippen LogP contribution in [0.25, 0.3) is 11.1 Å². The Labute approximate surface area is 199 Å². The first-order valence-corrected chi connectivity index (χ1v) is 11.4. The molecule has 0 aromatic heterocycles. The van der Waals surface area contributed by atoms with Crippen LogP contribution in [0, 0.1) is 0 Å². The van der Waals surface area contributed by atoms with E-state index in [0.29, 0.717) is 29.8 Å². The predicted molar refractivity (Wildman–Crippen MR) is 134 cm³/mol. The van der Waals surface area contributed by atoms with Gasteiger partial charge in [0.2, 0.25) is 0 Å². The number of nitrogens with zero attached hydrogens (tertiary/aromatic N) is 1. The van der Waals surface area contributed by atoms with E-state index in [1.54, 1.807) is 29.2 Å². The Morgan fingerprint density at radius 3 is 2.03 bits per heavy atom. The lowest BCUT2D eigenvalue weighted by molar-refractivity contribution is -0.135. The lowest BCUT2D eigenvalue weighted by atomic mass is 9.88. The van der Waals surface area contributed by atoms with Crippen molar-refractivity contribution < 1.29 is 14.7 Å². The van der Waals surface area contributed by atoms with E-state index in [1.165, 1.54) is 0 Å². The van der Waals surface area contributed by atoms with Gasteiger partial charge >= 0.3 is 0 Å². The molecular weight excluding hydrogens is 422 g/mol. The minimum absolute atomic E-state index is 0.268. The van der Waals surface area contributed by atoms with E-state index in [2.05, 4.69) is 0 Å². The van der Waals surface area contributed by atoms with Crippen molar-refractivity contribution >= 4 is 17.4 Å². The largest absolute Gasteiger partial charge is 0.375 e. The molecule has 1 unspecified atom stereocenters. The van der Waals surface area contributed by atoms with Gasteiger partial charge in [-0.2, -0.15) is 0 Å². The number of amides is 1. The number of ketones is 1. The summed E-state index contributed by atoms with van der Waals surface area (Å²) in [6, 6.07) is 34.3. The van der Waals surface area contributed by atoms with Crippen LogP contribution in [0.2, 0.25) is 0 Å². The number of aliphatic hydroxyl groups is 1. The molecule has 0 saturated heterocycles. The molecule has 0 fully saturated rings. The van der Waals surface area contributed by atoms with E-state index in [9.17, 15) is 14.7 Å². The SMILES string of the molecule is O=C(CC1(O)C(=O)N(CCc2ccccc2)c2ccccc21)c1ccc(-c2ccccc2)cc1. The Hall–Kier alpha value is -4.02. The molecule has 5 rings (SSSR count). The Balaban J connectivity index is 1.37. The molecule has 1 aliphatic heterocycles. The maximum atomic E-state index is 13.4. The Bertz CT molecular complexity index is 1320. The minimum Gasteiger partial charge on any atom is -0.375 e. The van der Waals surface area contributed by atoms with Crippen molar-refractivity contribution in [2.75, 3.05) is 11.4 Å². The number of anilines is 1. The summed E-state index contributed by atoms with van der Waals surface area (Å²) in [4.78, 5) is 28.2. The summed E-state index contributed by atoms with van der Waals surface area (Å²) in [5.41, 5.74) is 2.93. The summed E-state index contributed by atoms with van der Waals surface area (Å²) in [5, 5.41) is 11.5. The van der Waals surface area contributed by atoms with Gasteiger partial charge in [0.1, 0.15) is 0 Å². The molecule has 4 aromatic carbocycles. The second-order valence-corrected chi connectivity index (χ2v) is 8.61. The first-order chi connectivity index (χ1) is 16.6. The number of Topliss-reactive ketones (excluding diaryl/α,β-unsaturated/α-hetero) is 1. The normalized spacial score (nSPS) is 17.0. The highest BCUT2D eigenvalue weighted by atomic mass is 16.3. The van der Waals surface area contributed by atoms with Crippen LogP contribution in [-0.2, 0) is 16.8 Å². The molecule has 1 heterocycles. The van der Waals surface area contributed by atoms with Crippen LogP contribution in [0.3, 0.4) is 0 Å². The average Bonchev–Trinajstić information content (AvgIpc) is 3.10. The molecule has 1 amide bonds. The highest BCUT2D eigenvalue weighted by molar-refractivity contribution is 6.10. The molecule has 0 bridgehead atoms. The molecule has 4 aromatic rings. The summed E-state index contributed by atoms with van der Waals surface area (Å²) in [7, 11) is 0. The first kappa shape index (κ1) is 21.8. The van der Waals surface area contributed by atoms with Crippen LogP contribution < -0.4 is 4.90 Å². The number of fused-ring (bicyclic) bond motifs is 1. The van der Waals surface area contributed by atoms with Crippen molar-refractivity contribution in [1.82, 2.24) is 0 Å². The van der Waals surface area contributed by atoms with Crippen LogP contribution >= 0.6 is 0 Å². The average molecular weight is 448 g/mol. The highest BCUT2D eigenvalue weighted by Crippen LogP contribution is 2.43. The van der Waals surface area contributed by atoms with Gasteiger partial charge in [-0.05, 0) is 29.2 Å². The standard InChI is InChI=1S/C30H25NO3/c32-28(25-17-15-24(16-18-25)23-11-5-2-6-12-23)21-30(34)26-13-7-8-14-27(26)31(29(30)33)20-19-22-9-3-1-4-10-22/h1-18,34H,19-21H2. The van der Waals surface area contributed by atoms with E-state index in [1.807, 2.05) is 84.9 Å². The Morgan fingerprint density at radius 2 is 1.32 bits per heavy atom. The van der Waals surface area contributed by atoms with Crippen molar-refractivity contribution in [3.63, 3.8) is 0 Å². The third-order valence-electron chi connectivity index (χ3n) is 6.44. The fourth-order valence-corrected chi connectivity index (χ4v) is 4.60. The fraction of sp³-hybridized carbons (Fsp3) is 0.133. The van der Waals surface area contributed by atoms with Crippen LogP contribution in [-0.4, -0.2) is 23.3 Å². The van der Waals surface area contributed by atoms with Gasteiger partial charge in [0.15, 0.2) is 11.4 Å². The molecular formula is C30H25NO3. The number of carbonyl (C=O) groups is 2. The molecule has 34 heavy (non-hydrogen) atoms. The number of para-hydroxylation sites is 1. The van der Waals surface area contributed by atoms with Gasteiger partial charge in [-0.15, -0.1) is 0 Å². The molecule has 1 atom stereocenters. The number of rotatable bonds is 7. The van der Waals surface area contributed by atoms with Gasteiger partial charge in [-0.1, -0.05) is 103 Å². The van der Waals surface area contributed by atoms with E-state index in [4.69, 9.17) is 0 Å². The second-order valence-electron chi connectivity index (χ2n) is 8.61. The fourth-order valence-electron chi connectivity index (χ4n) is 4.60. The third-order valence-corrected chi connectivity index (χ3v) is 6.44. The molecule has 1 aliphatic rings. The van der Waals surface area contributed by atoms with Gasteiger partial charge in [0.25, 0.3) is 5.91 Å². The zero-order chi connectivity index (χ0) is 23.5. The summed E-state index contributed by atoms with van der Waals surface area (Å²) < 4.78 is 0. The summed E-state index contributed by atoms with van der Waals surface area (Å²) in [5.74, 6) is -0.714. The highest BCUT2D eigenvalue weighted by Gasteiger charge is 2.50. The number of hydrogen-bond donors (Lipinski definition) is 1. The Morgan fingerprint density at radius 1 is 0.735 bits per heavy atom. The lowest BCUT2D eigenvalue weighted by Gasteiger charge is -2.23. The van der Waals surface area contributed by atoms with Gasteiger partial charge in [-0.25, -0.2) is 0 Å². The summed E-state index contributed by atoms with van der Waals surface area (Å²) in [6.45, 7) is 0.433. The van der Waals surface area contributed by atoms with Gasteiger partial charge in [-0.3, -0.25) is 9.59 Å². The molecule has 4 nitrogen and oxygen atoms in total. The molecule has 0 saturated carbocycles. The van der Waals surface area contributed by atoms with Crippen LogP contribution in [0.4, 0.5) is 5.69 Å². The van der Waals surface area contributed by atoms with Crippen molar-refractivity contribution in [3.05, 3.63) is 126 Å². The van der Waals surface area contributed by atoms with Crippen molar-refractivity contribution in [2.24, 2.45) is 0 Å². The summed E-state index contributed by atoms with van der Waals surface area (Å²) >= 11 is 0. The van der Waals surface area contributed by atoms with E-state index < -0.39 is 11.5 Å². The third kappa shape index (κ3) is 4.04. The van der Waals surface area contributed by atoms with Gasteiger partial charge in [0.05, 0.1) is 12.1 Å².